The molecule has 1 fully saturated rings. The minimum atomic E-state index is -0.365. The van der Waals surface area contributed by atoms with Gasteiger partial charge in [0.1, 0.15) is 6.10 Å². The number of hydrogen-bond acceptors (Lipinski definition) is 3. The molecule has 136 valence electrons. The summed E-state index contributed by atoms with van der Waals surface area (Å²) >= 11 is 0. The van der Waals surface area contributed by atoms with Gasteiger partial charge < -0.3 is 9.15 Å². The molecule has 3 rings (SSSR count). The minimum absolute atomic E-state index is 0.0824. The van der Waals surface area contributed by atoms with Crippen molar-refractivity contribution in [1.29, 1.82) is 0 Å². The molecule has 4 nitrogen and oxygen atoms in total. The maximum Gasteiger partial charge on any atom is 0.422 e. The molecule has 0 aliphatic heterocycles. The Hall–Kier alpha value is -1.97. The smallest absolute Gasteiger partial charge is 0.422 e. The van der Waals surface area contributed by atoms with Crippen LogP contribution in [0.15, 0.2) is 45.7 Å². The van der Waals surface area contributed by atoms with Crippen molar-refractivity contribution in [1.82, 2.24) is 4.57 Å². The van der Waals surface area contributed by atoms with Crippen molar-refractivity contribution in [2.45, 2.75) is 59.1 Å². The van der Waals surface area contributed by atoms with E-state index in [9.17, 15) is 4.79 Å². The van der Waals surface area contributed by atoms with E-state index >= 15 is 0 Å². The van der Waals surface area contributed by atoms with Crippen LogP contribution < -0.4 is 10.5 Å². The molecular weight excluding hydrogens is 314 g/mol. The highest BCUT2D eigenvalue weighted by atomic mass is 16.6. The van der Waals surface area contributed by atoms with Crippen LogP contribution >= 0.6 is 0 Å². The molecule has 0 bridgehead atoms. The summed E-state index contributed by atoms with van der Waals surface area (Å²) in [5, 5.41) is 0. The Labute approximate surface area is 149 Å². The van der Waals surface area contributed by atoms with Crippen LogP contribution in [0.5, 0.6) is 5.95 Å². The summed E-state index contributed by atoms with van der Waals surface area (Å²) < 4.78 is 13.2. The first-order valence-corrected chi connectivity index (χ1v) is 9.39. The highest BCUT2D eigenvalue weighted by Gasteiger charge is 2.33. The summed E-state index contributed by atoms with van der Waals surface area (Å²) in [7, 11) is 0. The van der Waals surface area contributed by atoms with Gasteiger partial charge in [-0.2, -0.15) is 0 Å². The van der Waals surface area contributed by atoms with Gasteiger partial charge in [0, 0.05) is 0 Å². The first-order valence-electron chi connectivity index (χ1n) is 9.39. The molecule has 0 N–H and O–H groups in total. The summed E-state index contributed by atoms with van der Waals surface area (Å²) in [5.41, 5.74) is 1.07. The molecule has 1 aromatic heterocycles. The van der Waals surface area contributed by atoms with Crippen molar-refractivity contribution in [2.75, 3.05) is 0 Å². The van der Waals surface area contributed by atoms with Gasteiger partial charge in [-0.05, 0) is 43.1 Å². The predicted molar refractivity (Wildman–Crippen MR) is 99.0 cm³/mol. The molecule has 0 saturated heterocycles. The molecule has 25 heavy (non-hydrogen) atoms. The molecule has 4 atom stereocenters. The van der Waals surface area contributed by atoms with Gasteiger partial charge in [0.2, 0.25) is 0 Å². The third-order valence-electron chi connectivity index (χ3n) is 5.57. The van der Waals surface area contributed by atoms with Gasteiger partial charge in [-0.1, -0.05) is 57.5 Å². The first kappa shape index (κ1) is 17.8. The van der Waals surface area contributed by atoms with Crippen molar-refractivity contribution in [2.24, 2.45) is 17.8 Å². The normalized spacial score (nSPS) is 25.1. The lowest BCUT2D eigenvalue weighted by Crippen LogP contribution is -2.36. The minimum Gasteiger partial charge on any atom is -0.460 e. The third-order valence-corrected chi connectivity index (χ3v) is 5.57. The Morgan fingerprint density at radius 3 is 2.56 bits per heavy atom. The average Bonchev–Trinajstić information content (AvgIpc) is 2.95. The predicted octanol–water partition coefficient (Wildman–Crippen LogP) is 4.89. The first-order chi connectivity index (χ1) is 12.0. The van der Waals surface area contributed by atoms with Crippen LogP contribution in [-0.2, 0) is 0 Å². The lowest BCUT2D eigenvalue weighted by atomic mass is 9.75. The highest BCUT2D eigenvalue weighted by Crippen LogP contribution is 2.36. The highest BCUT2D eigenvalue weighted by molar-refractivity contribution is 5.19. The van der Waals surface area contributed by atoms with Crippen molar-refractivity contribution in [3.8, 4) is 5.95 Å². The van der Waals surface area contributed by atoms with Crippen LogP contribution in [0.1, 0.15) is 58.6 Å². The zero-order valence-corrected chi connectivity index (χ0v) is 15.6. The SMILES string of the molecule is CC1CCC(C(C)C)C(Oc2cn([C@H](C)c3ccccc3)c(=O)o2)C1. The molecule has 0 radical (unpaired) electrons. The number of nitrogens with zero attached hydrogens (tertiary/aromatic N) is 1. The third kappa shape index (κ3) is 4.00. The van der Waals surface area contributed by atoms with Crippen LogP contribution in [0, 0.1) is 17.8 Å². The van der Waals surface area contributed by atoms with E-state index in [1.165, 1.54) is 12.8 Å². The van der Waals surface area contributed by atoms with E-state index < -0.39 is 0 Å². The standard InChI is InChI=1S/C21H29NO3/c1-14(2)18-11-10-15(3)12-19(18)24-20-13-22(21(23)25-20)16(4)17-8-6-5-7-9-17/h5-9,13-16,18-19H,10-12H2,1-4H3/t15?,16-,18?,19?/m1/s1. The summed E-state index contributed by atoms with van der Waals surface area (Å²) in [5.74, 6) is 1.71. The number of aromatic nitrogens is 1. The van der Waals surface area contributed by atoms with Gasteiger partial charge in [0.25, 0.3) is 0 Å². The lowest BCUT2D eigenvalue weighted by Gasteiger charge is -2.36. The summed E-state index contributed by atoms with van der Waals surface area (Å²) in [4.78, 5) is 12.3. The summed E-state index contributed by atoms with van der Waals surface area (Å²) in [6.07, 6.45) is 5.28. The van der Waals surface area contributed by atoms with E-state index in [2.05, 4.69) is 20.8 Å². The lowest BCUT2D eigenvalue weighted by molar-refractivity contribution is 0.0279. The van der Waals surface area contributed by atoms with Gasteiger partial charge in [-0.3, -0.25) is 4.57 Å². The van der Waals surface area contributed by atoms with Crippen LogP contribution in [0.25, 0.3) is 0 Å². The fraction of sp³-hybridized carbons (Fsp3) is 0.571. The molecule has 0 spiro atoms. The summed E-state index contributed by atoms with van der Waals surface area (Å²) in [6, 6.07) is 9.88. The molecule has 0 amide bonds. The maximum absolute atomic E-state index is 12.3. The molecule has 1 aliphatic carbocycles. The second-order valence-corrected chi connectivity index (χ2v) is 7.79. The zero-order chi connectivity index (χ0) is 18.0. The van der Waals surface area contributed by atoms with E-state index in [0.29, 0.717) is 23.7 Å². The molecule has 1 heterocycles. The second kappa shape index (κ2) is 7.51. The fourth-order valence-corrected chi connectivity index (χ4v) is 3.95. The van der Waals surface area contributed by atoms with Gasteiger partial charge in [0.15, 0.2) is 0 Å². The Morgan fingerprint density at radius 2 is 1.88 bits per heavy atom. The summed E-state index contributed by atoms with van der Waals surface area (Å²) in [6.45, 7) is 8.76. The van der Waals surface area contributed by atoms with Gasteiger partial charge in [0.05, 0.1) is 12.2 Å². The Kier molecular flexibility index (Phi) is 5.36. The number of benzene rings is 1. The van der Waals surface area contributed by atoms with Crippen LogP contribution in [-0.4, -0.2) is 10.7 Å². The molecule has 1 aliphatic rings. The van der Waals surface area contributed by atoms with Crippen molar-refractivity contribution >= 4 is 0 Å². The number of rotatable bonds is 5. The average molecular weight is 343 g/mol. The number of ether oxygens (including phenoxy) is 1. The van der Waals surface area contributed by atoms with Crippen molar-refractivity contribution in [3.63, 3.8) is 0 Å². The quantitative estimate of drug-likeness (QED) is 0.776. The van der Waals surface area contributed by atoms with E-state index in [4.69, 9.17) is 9.15 Å². The molecule has 2 aromatic rings. The van der Waals surface area contributed by atoms with Crippen LogP contribution in [0.3, 0.4) is 0 Å². The van der Waals surface area contributed by atoms with Gasteiger partial charge in [-0.15, -0.1) is 0 Å². The van der Waals surface area contributed by atoms with E-state index in [-0.39, 0.29) is 17.9 Å². The van der Waals surface area contributed by atoms with Crippen LogP contribution in [0.2, 0.25) is 0 Å². The Bertz CT molecular complexity index is 731. The molecular formula is C21H29NO3. The maximum atomic E-state index is 12.3. The number of oxazole rings is 1. The topological polar surface area (TPSA) is 44.4 Å². The van der Waals surface area contributed by atoms with E-state index in [0.717, 1.165) is 12.0 Å². The van der Waals surface area contributed by atoms with Crippen LogP contribution in [0.4, 0.5) is 0 Å². The molecule has 4 heteroatoms. The largest absolute Gasteiger partial charge is 0.460 e. The van der Waals surface area contributed by atoms with Gasteiger partial charge in [-0.25, -0.2) is 4.79 Å². The van der Waals surface area contributed by atoms with E-state index in [1.807, 2.05) is 37.3 Å². The Balaban J connectivity index is 1.79. The van der Waals surface area contributed by atoms with Gasteiger partial charge >= 0.3 is 11.7 Å². The molecule has 3 unspecified atom stereocenters. The van der Waals surface area contributed by atoms with Crippen molar-refractivity contribution < 1.29 is 9.15 Å². The number of hydrogen-bond donors (Lipinski definition) is 0. The molecule has 1 saturated carbocycles. The Morgan fingerprint density at radius 1 is 1.16 bits per heavy atom. The van der Waals surface area contributed by atoms with E-state index in [1.54, 1.807) is 10.8 Å². The zero-order valence-electron chi connectivity index (χ0n) is 15.6. The fourth-order valence-electron chi connectivity index (χ4n) is 3.95. The van der Waals surface area contributed by atoms with Crippen molar-refractivity contribution in [3.05, 3.63) is 52.6 Å². The second-order valence-electron chi connectivity index (χ2n) is 7.79. The monoisotopic (exact) mass is 343 g/mol. The molecule has 1 aromatic carbocycles.